The molecule has 1 saturated heterocycles. The van der Waals surface area contributed by atoms with Crippen LogP contribution in [0.15, 0.2) is 47.5 Å². The molecule has 1 fully saturated rings. The van der Waals surface area contributed by atoms with Gasteiger partial charge in [0.25, 0.3) is 0 Å². The first-order valence-corrected chi connectivity index (χ1v) is 11.1. The number of ether oxygens (including phenoxy) is 1. The van der Waals surface area contributed by atoms with Gasteiger partial charge in [0.1, 0.15) is 16.6 Å². The van der Waals surface area contributed by atoms with Gasteiger partial charge < -0.3 is 19.9 Å². The summed E-state index contributed by atoms with van der Waals surface area (Å²) in [5, 5.41) is 11.7. The highest BCUT2D eigenvalue weighted by Gasteiger charge is 2.17. The zero-order valence-corrected chi connectivity index (χ0v) is 18.5. The fourth-order valence-electron chi connectivity index (χ4n) is 3.34. The minimum atomic E-state index is 0.814. The van der Waals surface area contributed by atoms with Crippen LogP contribution in [-0.2, 0) is 5.75 Å². The van der Waals surface area contributed by atoms with Crippen LogP contribution in [0.3, 0.4) is 0 Å². The first-order chi connectivity index (χ1) is 14.6. The fourth-order valence-corrected chi connectivity index (χ4v) is 4.22. The van der Waals surface area contributed by atoms with E-state index in [1.54, 1.807) is 18.9 Å². The van der Waals surface area contributed by atoms with Crippen molar-refractivity contribution in [1.82, 2.24) is 20.1 Å². The van der Waals surface area contributed by atoms with Crippen LogP contribution in [0.5, 0.6) is 5.75 Å². The quantitative estimate of drug-likeness (QED) is 0.557. The Morgan fingerprint density at radius 2 is 1.87 bits per heavy atom. The predicted octanol–water partition coefficient (Wildman–Crippen LogP) is 3.91. The average Bonchev–Trinajstić information content (AvgIpc) is 3.17. The molecule has 0 spiro atoms. The highest BCUT2D eigenvalue weighted by atomic mass is 32.2. The van der Waals surface area contributed by atoms with Gasteiger partial charge in [0, 0.05) is 55.4 Å². The second-order valence-electron chi connectivity index (χ2n) is 7.54. The fraction of sp³-hybridized carbons (Fsp3) is 0.364. The van der Waals surface area contributed by atoms with Crippen molar-refractivity contribution in [3.8, 4) is 5.75 Å². The molecule has 0 atom stereocenters. The van der Waals surface area contributed by atoms with Crippen LogP contribution in [-0.4, -0.2) is 60.4 Å². The number of pyridine rings is 1. The number of rotatable bonds is 7. The van der Waals surface area contributed by atoms with Crippen LogP contribution < -0.4 is 15.0 Å². The Bertz CT molecular complexity index is 966. The lowest BCUT2D eigenvalue weighted by atomic mass is 10.2. The second-order valence-corrected chi connectivity index (χ2v) is 8.54. The molecule has 0 saturated carbocycles. The maximum atomic E-state index is 5.25. The van der Waals surface area contributed by atoms with Crippen molar-refractivity contribution in [2.24, 2.45) is 0 Å². The third-order valence-electron chi connectivity index (χ3n) is 5.14. The molecule has 2 N–H and O–H groups in total. The van der Waals surface area contributed by atoms with Gasteiger partial charge in [-0.3, -0.25) is 5.10 Å². The van der Waals surface area contributed by atoms with Gasteiger partial charge in [-0.1, -0.05) is 12.1 Å². The van der Waals surface area contributed by atoms with E-state index in [4.69, 9.17) is 9.72 Å². The van der Waals surface area contributed by atoms with Crippen LogP contribution in [0.1, 0.15) is 11.3 Å². The van der Waals surface area contributed by atoms with Gasteiger partial charge in [-0.15, -0.1) is 11.8 Å². The van der Waals surface area contributed by atoms with Crippen molar-refractivity contribution in [2.75, 3.05) is 50.6 Å². The summed E-state index contributed by atoms with van der Waals surface area (Å²) < 4.78 is 5.25. The number of nitrogens with one attached hydrogen (secondary N) is 2. The van der Waals surface area contributed by atoms with Crippen molar-refractivity contribution in [3.63, 3.8) is 0 Å². The zero-order valence-electron chi connectivity index (χ0n) is 17.7. The number of likely N-dealkylation sites (N-methyl/N-ethyl adjacent to an activating group) is 1. The monoisotopic (exact) mass is 424 g/mol. The molecule has 4 rings (SSSR count). The lowest BCUT2D eigenvalue weighted by Gasteiger charge is -2.33. The molecule has 30 heavy (non-hydrogen) atoms. The van der Waals surface area contributed by atoms with E-state index >= 15 is 0 Å². The number of hydrogen-bond donors (Lipinski definition) is 2. The number of aromatic amines is 1. The Hall–Kier alpha value is -2.71. The molecule has 0 radical (unpaired) electrons. The number of benzene rings is 1. The Morgan fingerprint density at radius 3 is 2.53 bits per heavy atom. The smallest absolute Gasteiger partial charge is 0.152 e. The molecular weight excluding hydrogens is 396 g/mol. The van der Waals surface area contributed by atoms with Crippen molar-refractivity contribution < 1.29 is 4.74 Å². The summed E-state index contributed by atoms with van der Waals surface area (Å²) in [6.07, 6.45) is 0. The number of nitrogens with zero attached hydrogens (tertiary/aromatic N) is 4. The molecule has 1 aliphatic heterocycles. The Balaban J connectivity index is 1.54. The van der Waals surface area contributed by atoms with Crippen LogP contribution >= 0.6 is 11.8 Å². The lowest BCUT2D eigenvalue weighted by molar-refractivity contribution is 0.312. The topological polar surface area (TPSA) is 69.3 Å². The summed E-state index contributed by atoms with van der Waals surface area (Å²) in [5.74, 6) is 3.55. The van der Waals surface area contributed by atoms with Gasteiger partial charge in [0.05, 0.1) is 7.11 Å². The van der Waals surface area contributed by atoms with Crippen molar-refractivity contribution >= 4 is 29.1 Å². The summed E-state index contributed by atoms with van der Waals surface area (Å²) in [4.78, 5) is 9.67. The molecule has 0 amide bonds. The van der Waals surface area contributed by atoms with Gasteiger partial charge in [-0.05, 0) is 37.7 Å². The molecule has 1 aliphatic rings. The minimum Gasteiger partial charge on any atom is -0.497 e. The Morgan fingerprint density at radius 1 is 1.10 bits per heavy atom. The molecule has 7 nitrogen and oxygen atoms in total. The van der Waals surface area contributed by atoms with Gasteiger partial charge in [-0.2, -0.15) is 5.10 Å². The van der Waals surface area contributed by atoms with Crippen molar-refractivity contribution in [1.29, 1.82) is 0 Å². The number of methoxy groups -OCH3 is 1. The molecule has 158 valence electrons. The van der Waals surface area contributed by atoms with E-state index in [0.29, 0.717) is 0 Å². The van der Waals surface area contributed by atoms with E-state index in [9.17, 15) is 0 Å². The standard InChI is InChI=1S/C22H28N6OS/c1-16-12-20(26-25-16)23-18-13-21(28-10-8-27(2)9-11-28)24-22(14-18)30-15-17-4-6-19(29-3)7-5-17/h4-7,12-14H,8-11,15H2,1-3H3,(H2,23,24,25,26). The highest BCUT2D eigenvalue weighted by Crippen LogP contribution is 2.29. The van der Waals surface area contributed by atoms with Crippen LogP contribution in [0.4, 0.5) is 17.3 Å². The number of hydrogen-bond acceptors (Lipinski definition) is 7. The van der Waals surface area contributed by atoms with E-state index < -0.39 is 0 Å². The molecule has 0 aliphatic carbocycles. The van der Waals surface area contributed by atoms with Gasteiger partial charge >= 0.3 is 0 Å². The Kier molecular flexibility index (Phi) is 6.44. The molecule has 0 unspecified atom stereocenters. The molecule has 3 heterocycles. The largest absolute Gasteiger partial charge is 0.497 e. The lowest BCUT2D eigenvalue weighted by Crippen LogP contribution is -2.44. The maximum Gasteiger partial charge on any atom is 0.152 e. The van der Waals surface area contributed by atoms with E-state index in [1.807, 2.05) is 25.1 Å². The average molecular weight is 425 g/mol. The maximum absolute atomic E-state index is 5.25. The molecule has 3 aromatic rings. The number of anilines is 3. The third-order valence-corrected chi connectivity index (χ3v) is 6.12. The summed E-state index contributed by atoms with van der Waals surface area (Å²) >= 11 is 1.74. The van der Waals surface area contributed by atoms with Crippen molar-refractivity contribution in [2.45, 2.75) is 17.7 Å². The number of thioether (sulfide) groups is 1. The van der Waals surface area contributed by atoms with E-state index in [1.165, 1.54) is 5.56 Å². The Labute approximate surface area is 181 Å². The first kappa shape index (κ1) is 20.6. The number of aromatic nitrogens is 3. The van der Waals surface area contributed by atoms with Gasteiger partial charge in [-0.25, -0.2) is 4.98 Å². The summed E-state index contributed by atoms with van der Waals surface area (Å²) in [6, 6.07) is 14.4. The number of aryl methyl sites for hydroxylation is 1. The van der Waals surface area contributed by atoms with Gasteiger partial charge in [0.2, 0.25) is 0 Å². The van der Waals surface area contributed by atoms with E-state index in [-0.39, 0.29) is 0 Å². The van der Waals surface area contributed by atoms with E-state index in [0.717, 1.165) is 65.7 Å². The SMILES string of the molecule is COc1ccc(CSc2cc(Nc3cc(C)[nH]n3)cc(N3CCN(C)CC3)n2)cc1. The summed E-state index contributed by atoms with van der Waals surface area (Å²) in [5.41, 5.74) is 3.27. The van der Waals surface area contributed by atoms with Crippen LogP contribution in [0.2, 0.25) is 0 Å². The second kappa shape index (κ2) is 9.40. The number of H-pyrrole nitrogens is 1. The predicted molar refractivity (Wildman–Crippen MR) is 123 cm³/mol. The minimum absolute atomic E-state index is 0.814. The highest BCUT2D eigenvalue weighted by molar-refractivity contribution is 7.98. The van der Waals surface area contributed by atoms with E-state index in [2.05, 4.69) is 56.6 Å². The van der Waals surface area contributed by atoms with Crippen LogP contribution in [0.25, 0.3) is 0 Å². The van der Waals surface area contributed by atoms with Crippen molar-refractivity contribution in [3.05, 3.63) is 53.7 Å². The summed E-state index contributed by atoms with van der Waals surface area (Å²) in [6.45, 7) is 6.06. The molecule has 8 heteroatoms. The summed E-state index contributed by atoms with van der Waals surface area (Å²) in [7, 11) is 3.85. The zero-order chi connectivity index (χ0) is 20.9. The molecular formula is C22H28N6OS. The third kappa shape index (κ3) is 5.25. The van der Waals surface area contributed by atoms with Gasteiger partial charge in [0.15, 0.2) is 5.82 Å². The molecule has 0 bridgehead atoms. The number of piperazine rings is 1. The van der Waals surface area contributed by atoms with Crippen LogP contribution in [0, 0.1) is 6.92 Å². The first-order valence-electron chi connectivity index (χ1n) is 10.1. The molecule has 1 aromatic carbocycles. The normalized spacial score (nSPS) is 14.7. The molecule has 2 aromatic heterocycles.